The summed E-state index contributed by atoms with van der Waals surface area (Å²) >= 11 is 0. The highest BCUT2D eigenvalue weighted by atomic mass is 19.4. The number of hydrogen-bond acceptors (Lipinski definition) is 2. The number of hydrogen-bond donors (Lipinski definition) is 1. The Kier molecular flexibility index (Phi) is 3.12. The lowest BCUT2D eigenvalue weighted by atomic mass is 10.1. The van der Waals surface area contributed by atoms with Crippen LogP contribution in [0.4, 0.5) is 24.5 Å². The third-order valence-electron chi connectivity index (χ3n) is 2.17. The lowest BCUT2D eigenvalue weighted by Crippen LogP contribution is -2.31. The third-order valence-corrected chi connectivity index (χ3v) is 2.17. The van der Waals surface area contributed by atoms with Gasteiger partial charge in [0, 0.05) is 18.4 Å². The second-order valence-electron chi connectivity index (χ2n) is 3.46. The summed E-state index contributed by atoms with van der Waals surface area (Å²) in [4.78, 5) is 1.14. The van der Waals surface area contributed by atoms with E-state index < -0.39 is 12.7 Å². The van der Waals surface area contributed by atoms with E-state index in [9.17, 15) is 13.2 Å². The molecule has 84 valence electrons. The largest absolute Gasteiger partial charge is 0.405 e. The number of rotatable bonds is 2. The molecule has 0 aliphatic carbocycles. The minimum atomic E-state index is -4.20. The zero-order valence-corrected chi connectivity index (χ0v) is 8.60. The maximum atomic E-state index is 12.2. The molecule has 5 heteroatoms. The lowest BCUT2D eigenvalue weighted by molar-refractivity contribution is -0.119. The summed E-state index contributed by atoms with van der Waals surface area (Å²) in [5.41, 5.74) is 7.29. The zero-order valence-electron chi connectivity index (χ0n) is 8.60. The van der Waals surface area contributed by atoms with Crippen molar-refractivity contribution in [2.45, 2.75) is 13.1 Å². The molecule has 0 atom stereocenters. The van der Waals surface area contributed by atoms with E-state index in [1.54, 1.807) is 25.1 Å². The van der Waals surface area contributed by atoms with E-state index >= 15 is 0 Å². The molecule has 0 aromatic heterocycles. The zero-order chi connectivity index (χ0) is 11.6. The average molecular weight is 218 g/mol. The quantitative estimate of drug-likeness (QED) is 0.773. The van der Waals surface area contributed by atoms with Gasteiger partial charge in [-0.1, -0.05) is 6.07 Å². The molecule has 0 saturated carbocycles. The normalized spacial score (nSPS) is 11.5. The van der Waals surface area contributed by atoms with Gasteiger partial charge in [0.25, 0.3) is 0 Å². The first-order valence-corrected chi connectivity index (χ1v) is 4.44. The van der Waals surface area contributed by atoms with Gasteiger partial charge >= 0.3 is 6.18 Å². The second-order valence-corrected chi connectivity index (χ2v) is 3.46. The minimum absolute atomic E-state index is 0.501. The van der Waals surface area contributed by atoms with Crippen molar-refractivity contribution in [1.82, 2.24) is 0 Å². The first kappa shape index (κ1) is 11.7. The van der Waals surface area contributed by atoms with Crippen molar-refractivity contribution in [2.24, 2.45) is 0 Å². The fourth-order valence-electron chi connectivity index (χ4n) is 1.41. The summed E-state index contributed by atoms with van der Waals surface area (Å²) in [5.74, 6) is 0. The van der Waals surface area contributed by atoms with Crippen molar-refractivity contribution in [3.05, 3.63) is 23.8 Å². The van der Waals surface area contributed by atoms with E-state index in [-0.39, 0.29) is 0 Å². The van der Waals surface area contributed by atoms with Gasteiger partial charge in [0.15, 0.2) is 0 Å². The predicted octanol–water partition coefficient (Wildman–Crippen LogP) is 2.58. The Morgan fingerprint density at radius 3 is 2.47 bits per heavy atom. The maximum Gasteiger partial charge on any atom is 0.405 e. The van der Waals surface area contributed by atoms with Crippen molar-refractivity contribution < 1.29 is 13.2 Å². The van der Waals surface area contributed by atoms with Crippen LogP contribution in [0.1, 0.15) is 5.56 Å². The van der Waals surface area contributed by atoms with Crippen LogP contribution < -0.4 is 10.6 Å². The van der Waals surface area contributed by atoms with Crippen LogP contribution in [0.5, 0.6) is 0 Å². The number of alkyl halides is 3. The number of nitrogen functional groups attached to an aromatic ring is 1. The smallest absolute Gasteiger partial charge is 0.398 e. The van der Waals surface area contributed by atoms with Gasteiger partial charge in [0.2, 0.25) is 0 Å². The molecule has 0 unspecified atom stereocenters. The fraction of sp³-hybridized carbons (Fsp3) is 0.400. The lowest BCUT2D eigenvalue weighted by Gasteiger charge is -2.23. The summed E-state index contributed by atoms with van der Waals surface area (Å²) in [7, 11) is 1.40. The monoisotopic (exact) mass is 218 g/mol. The first-order chi connectivity index (χ1) is 6.81. The van der Waals surface area contributed by atoms with Gasteiger partial charge in [0.1, 0.15) is 6.54 Å². The number of anilines is 2. The standard InChI is InChI=1S/C10H13F3N2/c1-7-8(14)4-3-5-9(7)15(2)6-10(11,12)13/h3-5H,6,14H2,1-2H3. The van der Waals surface area contributed by atoms with Crippen LogP contribution >= 0.6 is 0 Å². The highest BCUT2D eigenvalue weighted by molar-refractivity contribution is 5.63. The van der Waals surface area contributed by atoms with E-state index in [2.05, 4.69) is 0 Å². The van der Waals surface area contributed by atoms with Crippen LogP contribution in [0, 0.1) is 6.92 Å². The number of benzene rings is 1. The molecular formula is C10H13F3N2. The third kappa shape index (κ3) is 3.04. The van der Waals surface area contributed by atoms with Crippen molar-refractivity contribution in [1.29, 1.82) is 0 Å². The van der Waals surface area contributed by atoms with Gasteiger partial charge in [0.05, 0.1) is 0 Å². The molecule has 0 bridgehead atoms. The molecule has 0 radical (unpaired) electrons. The molecular weight excluding hydrogens is 205 g/mol. The Hall–Kier alpha value is -1.39. The molecule has 0 saturated heterocycles. The molecule has 0 heterocycles. The summed E-state index contributed by atoms with van der Waals surface area (Å²) < 4.78 is 36.5. The van der Waals surface area contributed by atoms with E-state index in [4.69, 9.17) is 5.73 Å². The molecule has 0 fully saturated rings. The van der Waals surface area contributed by atoms with Crippen LogP contribution in [0.3, 0.4) is 0 Å². The van der Waals surface area contributed by atoms with Crippen molar-refractivity contribution in [3.8, 4) is 0 Å². The van der Waals surface area contributed by atoms with Crippen LogP contribution in [0.25, 0.3) is 0 Å². The van der Waals surface area contributed by atoms with Gasteiger partial charge in [-0.05, 0) is 24.6 Å². The van der Waals surface area contributed by atoms with E-state index in [1.807, 2.05) is 0 Å². The summed E-state index contributed by atoms with van der Waals surface area (Å²) in [6.07, 6.45) is -4.20. The van der Waals surface area contributed by atoms with E-state index in [1.165, 1.54) is 7.05 Å². The molecule has 2 nitrogen and oxygen atoms in total. The Bertz CT molecular complexity index is 347. The van der Waals surface area contributed by atoms with Crippen LogP contribution in [-0.2, 0) is 0 Å². The molecule has 1 aromatic carbocycles. The molecule has 0 aliphatic rings. The van der Waals surface area contributed by atoms with Crippen LogP contribution in [0.15, 0.2) is 18.2 Å². The highest BCUT2D eigenvalue weighted by Crippen LogP contribution is 2.26. The SMILES string of the molecule is Cc1c(N)cccc1N(C)CC(F)(F)F. The Balaban J connectivity index is 2.92. The fourth-order valence-corrected chi connectivity index (χ4v) is 1.41. The molecule has 1 aromatic rings. The van der Waals surface area contributed by atoms with Gasteiger partial charge in [-0.25, -0.2) is 0 Å². The Morgan fingerprint density at radius 2 is 1.93 bits per heavy atom. The van der Waals surface area contributed by atoms with Crippen LogP contribution in [-0.4, -0.2) is 19.8 Å². The minimum Gasteiger partial charge on any atom is -0.398 e. The van der Waals surface area contributed by atoms with Crippen molar-refractivity contribution >= 4 is 11.4 Å². The highest BCUT2D eigenvalue weighted by Gasteiger charge is 2.29. The van der Waals surface area contributed by atoms with Crippen molar-refractivity contribution in [2.75, 3.05) is 24.2 Å². The summed E-state index contributed by atoms with van der Waals surface area (Å²) in [6, 6.07) is 4.93. The van der Waals surface area contributed by atoms with Gasteiger partial charge in [-0.2, -0.15) is 13.2 Å². The molecule has 15 heavy (non-hydrogen) atoms. The maximum absolute atomic E-state index is 12.2. The van der Waals surface area contributed by atoms with Gasteiger partial charge in [-0.3, -0.25) is 0 Å². The number of nitrogens with two attached hydrogens (primary N) is 1. The second kappa shape index (κ2) is 4.00. The first-order valence-electron chi connectivity index (χ1n) is 4.44. The topological polar surface area (TPSA) is 29.3 Å². The molecule has 0 aliphatic heterocycles. The molecule has 0 spiro atoms. The number of nitrogens with zero attached hydrogens (tertiary/aromatic N) is 1. The predicted molar refractivity (Wildman–Crippen MR) is 54.9 cm³/mol. The Morgan fingerprint density at radius 1 is 1.33 bits per heavy atom. The van der Waals surface area contributed by atoms with E-state index in [0.717, 1.165) is 4.90 Å². The van der Waals surface area contributed by atoms with E-state index in [0.29, 0.717) is 16.9 Å². The molecule has 0 amide bonds. The van der Waals surface area contributed by atoms with Gasteiger partial charge < -0.3 is 10.6 Å². The molecule has 1 rings (SSSR count). The van der Waals surface area contributed by atoms with Crippen LogP contribution in [0.2, 0.25) is 0 Å². The average Bonchev–Trinajstić information content (AvgIpc) is 2.06. The summed E-state index contributed by atoms with van der Waals surface area (Å²) in [6.45, 7) is 0.731. The van der Waals surface area contributed by atoms with Crippen molar-refractivity contribution in [3.63, 3.8) is 0 Å². The Labute approximate surface area is 86.5 Å². The summed E-state index contributed by atoms with van der Waals surface area (Å²) in [5, 5.41) is 0. The van der Waals surface area contributed by atoms with Gasteiger partial charge in [-0.15, -0.1) is 0 Å². The number of halogens is 3. The molecule has 2 N–H and O–H groups in total.